The van der Waals surface area contributed by atoms with Crippen molar-refractivity contribution in [2.24, 2.45) is 0 Å². The second-order valence-electron chi connectivity index (χ2n) is 8.46. The van der Waals surface area contributed by atoms with Crippen LogP contribution in [0.1, 0.15) is 39.7 Å². The van der Waals surface area contributed by atoms with Crippen LogP contribution in [0.5, 0.6) is 0 Å². The number of ether oxygens (including phenoxy) is 1. The van der Waals surface area contributed by atoms with Crippen LogP contribution in [0.15, 0.2) is 65.6 Å². The minimum Gasteiger partial charge on any atom is -0.462 e. The molecule has 0 amide bonds. The van der Waals surface area contributed by atoms with Crippen molar-refractivity contribution in [3.63, 3.8) is 0 Å². The first kappa shape index (κ1) is 23.6. The highest BCUT2D eigenvalue weighted by Gasteiger charge is 2.24. The Morgan fingerprint density at radius 1 is 0.912 bits per heavy atom. The summed E-state index contributed by atoms with van der Waals surface area (Å²) in [4.78, 5) is 13.1. The Balaban J connectivity index is 1.91. The van der Waals surface area contributed by atoms with Gasteiger partial charge in [-0.05, 0) is 76.6 Å². The highest BCUT2D eigenvalue weighted by molar-refractivity contribution is 7.92. The van der Waals surface area contributed by atoms with E-state index in [9.17, 15) is 13.2 Å². The van der Waals surface area contributed by atoms with Gasteiger partial charge in [0.2, 0.25) is 0 Å². The summed E-state index contributed by atoms with van der Waals surface area (Å²) < 4.78 is 36.0. The van der Waals surface area contributed by atoms with Gasteiger partial charge in [0.1, 0.15) is 0 Å². The maximum atomic E-state index is 13.0. The SMILES string of the molecule is CCOC(=O)c1c(C)n(-c2ccc(C)cc2)c2c(C)cc(NS(=O)(=O)c3ccc(C)cc3)cc12. The monoisotopic (exact) mass is 476 g/mol. The van der Waals surface area contributed by atoms with E-state index in [1.807, 2.05) is 56.5 Å². The van der Waals surface area contributed by atoms with Gasteiger partial charge in [0, 0.05) is 22.5 Å². The van der Waals surface area contributed by atoms with E-state index < -0.39 is 16.0 Å². The Morgan fingerprint density at radius 2 is 1.50 bits per heavy atom. The smallest absolute Gasteiger partial charge is 0.340 e. The summed E-state index contributed by atoms with van der Waals surface area (Å²) in [6.45, 7) is 9.71. The predicted octanol–water partition coefficient (Wildman–Crippen LogP) is 5.84. The first-order valence-corrected chi connectivity index (χ1v) is 12.6. The standard InChI is InChI=1S/C27H28N2O4S/c1-6-33-27(30)25-20(5)29(22-11-7-17(2)8-12-22)26-19(4)15-21(16-24(25)26)28-34(31,32)23-13-9-18(3)10-14-23/h7-16,28H,6H2,1-5H3. The molecule has 0 saturated heterocycles. The molecule has 7 heteroatoms. The summed E-state index contributed by atoms with van der Waals surface area (Å²) in [7, 11) is -3.79. The number of nitrogens with one attached hydrogen (secondary N) is 1. The third kappa shape index (κ3) is 4.31. The number of carbonyl (C=O) groups excluding carboxylic acids is 1. The van der Waals surface area contributed by atoms with E-state index in [0.717, 1.165) is 33.6 Å². The van der Waals surface area contributed by atoms with Gasteiger partial charge >= 0.3 is 5.97 Å². The molecule has 0 aliphatic carbocycles. The molecular formula is C27H28N2O4S. The fraction of sp³-hybridized carbons (Fsp3) is 0.222. The quantitative estimate of drug-likeness (QED) is 0.355. The van der Waals surface area contributed by atoms with E-state index in [0.29, 0.717) is 16.6 Å². The molecule has 3 aromatic carbocycles. The zero-order chi connectivity index (χ0) is 24.6. The largest absolute Gasteiger partial charge is 0.462 e. The summed E-state index contributed by atoms with van der Waals surface area (Å²) in [6.07, 6.45) is 0. The van der Waals surface area contributed by atoms with Crippen LogP contribution in [0.4, 0.5) is 5.69 Å². The Hall–Kier alpha value is -3.58. The van der Waals surface area contributed by atoms with Gasteiger partial charge in [-0.15, -0.1) is 0 Å². The van der Waals surface area contributed by atoms with Crippen molar-refractivity contribution in [2.75, 3.05) is 11.3 Å². The maximum Gasteiger partial charge on any atom is 0.340 e. The molecule has 0 bridgehead atoms. The first-order chi connectivity index (χ1) is 16.1. The Bertz CT molecular complexity index is 1480. The maximum absolute atomic E-state index is 13.0. The zero-order valence-electron chi connectivity index (χ0n) is 20.0. The predicted molar refractivity (Wildman–Crippen MR) is 135 cm³/mol. The highest BCUT2D eigenvalue weighted by Crippen LogP contribution is 2.35. The fourth-order valence-corrected chi connectivity index (χ4v) is 5.25. The molecule has 0 radical (unpaired) electrons. The molecule has 0 saturated carbocycles. The van der Waals surface area contributed by atoms with Gasteiger partial charge in [0.15, 0.2) is 0 Å². The number of anilines is 1. The van der Waals surface area contributed by atoms with Crippen molar-refractivity contribution < 1.29 is 17.9 Å². The molecule has 6 nitrogen and oxygen atoms in total. The molecular weight excluding hydrogens is 448 g/mol. The van der Waals surface area contributed by atoms with E-state index in [-0.39, 0.29) is 11.5 Å². The van der Waals surface area contributed by atoms with Crippen LogP contribution in [0, 0.1) is 27.7 Å². The minimum atomic E-state index is -3.79. The van der Waals surface area contributed by atoms with Crippen LogP contribution < -0.4 is 4.72 Å². The van der Waals surface area contributed by atoms with Crippen molar-refractivity contribution in [1.82, 2.24) is 4.57 Å². The van der Waals surface area contributed by atoms with Gasteiger partial charge in [-0.2, -0.15) is 0 Å². The molecule has 0 fully saturated rings. The molecule has 0 spiro atoms. The summed E-state index contributed by atoms with van der Waals surface area (Å²) >= 11 is 0. The number of hydrogen-bond donors (Lipinski definition) is 1. The number of nitrogens with zero attached hydrogens (tertiary/aromatic N) is 1. The zero-order valence-corrected chi connectivity index (χ0v) is 20.8. The molecule has 0 atom stereocenters. The Labute approximate surface area is 200 Å². The Morgan fingerprint density at radius 3 is 2.09 bits per heavy atom. The van der Waals surface area contributed by atoms with Crippen molar-refractivity contribution in [2.45, 2.75) is 39.5 Å². The van der Waals surface area contributed by atoms with Gasteiger partial charge in [-0.25, -0.2) is 13.2 Å². The van der Waals surface area contributed by atoms with Gasteiger partial charge in [-0.1, -0.05) is 35.4 Å². The molecule has 1 heterocycles. The van der Waals surface area contributed by atoms with Crippen molar-refractivity contribution in [3.05, 3.63) is 88.6 Å². The van der Waals surface area contributed by atoms with E-state index in [1.165, 1.54) is 0 Å². The second-order valence-corrected chi connectivity index (χ2v) is 10.1. The molecule has 0 aliphatic rings. The normalized spacial score (nSPS) is 11.6. The van der Waals surface area contributed by atoms with E-state index in [4.69, 9.17) is 4.74 Å². The van der Waals surface area contributed by atoms with Crippen molar-refractivity contribution >= 4 is 32.6 Å². The number of aryl methyl sites for hydroxylation is 3. The number of hydrogen-bond acceptors (Lipinski definition) is 4. The summed E-state index contributed by atoms with van der Waals surface area (Å²) in [5.74, 6) is -0.436. The number of aromatic nitrogens is 1. The number of carbonyl (C=O) groups is 1. The molecule has 0 unspecified atom stereocenters. The minimum absolute atomic E-state index is 0.176. The second kappa shape index (κ2) is 8.99. The lowest BCUT2D eigenvalue weighted by molar-refractivity contribution is 0.0527. The molecule has 4 rings (SSSR count). The van der Waals surface area contributed by atoms with Gasteiger partial charge in [0.25, 0.3) is 10.0 Å². The molecule has 0 aliphatic heterocycles. The number of rotatable bonds is 6. The Kier molecular flexibility index (Phi) is 6.23. The van der Waals surface area contributed by atoms with Crippen LogP contribution in [-0.4, -0.2) is 25.6 Å². The lowest BCUT2D eigenvalue weighted by atomic mass is 10.1. The lowest BCUT2D eigenvalue weighted by Crippen LogP contribution is -2.13. The fourth-order valence-electron chi connectivity index (χ4n) is 4.21. The average Bonchev–Trinajstić information content (AvgIpc) is 3.07. The lowest BCUT2D eigenvalue weighted by Gasteiger charge is -2.13. The molecule has 1 aromatic heterocycles. The third-order valence-corrected chi connectivity index (χ3v) is 7.24. The number of fused-ring (bicyclic) bond motifs is 1. The van der Waals surface area contributed by atoms with Crippen LogP contribution in [0.25, 0.3) is 16.6 Å². The molecule has 1 N–H and O–H groups in total. The van der Waals surface area contributed by atoms with Gasteiger partial charge < -0.3 is 9.30 Å². The first-order valence-electron chi connectivity index (χ1n) is 11.1. The average molecular weight is 477 g/mol. The summed E-state index contributed by atoms with van der Waals surface area (Å²) in [6, 6.07) is 18.2. The molecule has 4 aromatic rings. The highest BCUT2D eigenvalue weighted by atomic mass is 32.2. The van der Waals surface area contributed by atoms with E-state index in [2.05, 4.69) is 4.72 Å². The van der Waals surface area contributed by atoms with Crippen LogP contribution in [0.2, 0.25) is 0 Å². The van der Waals surface area contributed by atoms with Crippen LogP contribution in [0.3, 0.4) is 0 Å². The van der Waals surface area contributed by atoms with Crippen LogP contribution in [-0.2, 0) is 14.8 Å². The topological polar surface area (TPSA) is 77.4 Å². The van der Waals surface area contributed by atoms with Crippen LogP contribution >= 0.6 is 0 Å². The van der Waals surface area contributed by atoms with Gasteiger partial charge in [-0.3, -0.25) is 4.72 Å². The van der Waals surface area contributed by atoms with Crippen molar-refractivity contribution in [1.29, 1.82) is 0 Å². The number of benzene rings is 3. The summed E-state index contributed by atoms with van der Waals surface area (Å²) in [5.41, 5.74) is 6.24. The summed E-state index contributed by atoms with van der Waals surface area (Å²) in [5, 5.41) is 0.637. The molecule has 34 heavy (non-hydrogen) atoms. The number of esters is 1. The third-order valence-electron chi connectivity index (χ3n) is 5.85. The number of sulfonamides is 1. The van der Waals surface area contributed by atoms with Gasteiger partial charge in [0.05, 0.1) is 22.6 Å². The molecule has 176 valence electrons. The van der Waals surface area contributed by atoms with Crippen molar-refractivity contribution in [3.8, 4) is 5.69 Å². The van der Waals surface area contributed by atoms with E-state index >= 15 is 0 Å². The van der Waals surface area contributed by atoms with E-state index in [1.54, 1.807) is 43.3 Å².